The van der Waals surface area contributed by atoms with Crippen LogP contribution in [-0.4, -0.2) is 48.1 Å². The molecule has 88 valence electrons. The zero-order valence-electron chi connectivity index (χ0n) is 9.95. The summed E-state index contributed by atoms with van der Waals surface area (Å²) in [5.41, 5.74) is 1.10. The van der Waals surface area contributed by atoms with E-state index < -0.39 is 0 Å². The van der Waals surface area contributed by atoms with Crippen molar-refractivity contribution in [3.05, 3.63) is 17.6 Å². The summed E-state index contributed by atoms with van der Waals surface area (Å²) in [6, 6.07) is 2.02. The Morgan fingerprint density at radius 3 is 2.81 bits per heavy atom. The zero-order valence-corrected chi connectivity index (χ0v) is 9.95. The smallest absolute Gasteiger partial charge is 0.129 e. The van der Waals surface area contributed by atoms with Crippen molar-refractivity contribution in [1.29, 1.82) is 0 Å². The van der Waals surface area contributed by atoms with Crippen LogP contribution in [0.5, 0.6) is 0 Å². The molecule has 0 spiro atoms. The Labute approximate surface area is 96.3 Å². The minimum absolute atomic E-state index is 0.831. The predicted molar refractivity (Wildman–Crippen MR) is 64.5 cm³/mol. The number of hydrogen-bond donors (Lipinski definition) is 2. The van der Waals surface area contributed by atoms with Crippen LogP contribution >= 0.6 is 0 Å². The van der Waals surface area contributed by atoms with E-state index in [2.05, 4.69) is 25.5 Å². The lowest BCUT2D eigenvalue weighted by Crippen LogP contribution is -2.43. The summed E-state index contributed by atoms with van der Waals surface area (Å²) in [7, 11) is 1.89. The normalized spacial score (nSPS) is 17.4. The SMILES string of the molecule is CNc1cc(CN2CCNCC2)nc(C)n1. The summed E-state index contributed by atoms with van der Waals surface area (Å²) in [6.45, 7) is 7.18. The Morgan fingerprint density at radius 1 is 1.38 bits per heavy atom. The number of anilines is 1. The van der Waals surface area contributed by atoms with Gasteiger partial charge in [-0.25, -0.2) is 9.97 Å². The highest BCUT2D eigenvalue weighted by Crippen LogP contribution is 2.08. The van der Waals surface area contributed by atoms with Crippen molar-refractivity contribution in [2.24, 2.45) is 0 Å². The molecule has 1 aliphatic rings. The van der Waals surface area contributed by atoms with Gasteiger partial charge in [-0.1, -0.05) is 0 Å². The molecule has 2 N–H and O–H groups in total. The van der Waals surface area contributed by atoms with E-state index >= 15 is 0 Å². The molecule has 1 fully saturated rings. The van der Waals surface area contributed by atoms with Crippen molar-refractivity contribution in [3.8, 4) is 0 Å². The topological polar surface area (TPSA) is 53.1 Å². The van der Waals surface area contributed by atoms with Gasteiger partial charge in [-0.3, -0.25) is 4.90 Å². The van der Waals surface area contributed by atoms with Crippen LogP contribution in [0.2, 0.25) is 0 Å². The van der Waals surface area contributed by atoms with E-state index in [4.69, 9.17) is 0 Å². The Hall–Kier alpha value is -1.20. The molecule has 1 aliphatic heterocycles. The molecule has 16 heavy (non-hydrogen) atoms. The van der Waals surface area contributed by atoms with E-state index in [1.54, 1.807) is 0 Å². The molecule has 5 heteroatoms. The average molecular weight is 221 g/mol. The number of rotatable bonds is 3. The molecule has 1 aromatic rings. The lowest BCUT2D eigenvalue weighted by molar-refractivity contribution is 0.230. The van der Waals surface area contributed by atoms with Crippen LogP contribution in [0.1, 0.15) is 11.5 Å². The second-order valence-corrected chi connectivity index (χ2v) is 4.07. The van der Waals surface area contributed by atoms with Gasteiger partial charge in [0.25, 0.3) is 0 Å². The Balaban J connectivity index is 2.04. The van der Waals surface area contributed by atoms with Gasteiger partial charge in [-0.05, 0) is 6.92 Å². The van der Waals surface area contributed by atoms with Crippen molar-refractivity contribution in [2.45, 2.75) is 13.5 Å². The molecule has 1 saturated heterocycles. The van der Waals surface area contributed by atoms with Crippen LogP contribution in [0.3, 0.4) is 0 Å². The molecule has 0 aliphatic carbocycles. The molecule has 2 rings (SSSR count). The van der Waals surface area contributed by atoms with Crippen LogP contribution in [0.15, 0.2) is 6.07 Å². The van der Waals surface area contributed by atoms with Gasteiger partial charge in [0.05, 0.1) is 5.69 Å². The van der Waals surface area contributed by atoms with Crippen LogP contribution < -0.4 is 10.6 Å². The number of aromatic nitrogens is 2. The largest absolute Gasteiger partial charge is 0.373 e. The molecular weight excluding hydrogens is 202 g/mol. The Morgan fingerprint density at radius 2 is 2.12 bits per heavy atom. The number of hydrogen-bond acceptors (Lipinski definition) is 5. The first-order valence-corrected chi connectivity index (χ1v) is 5.73. The molecule has 5 nitrogen and oxygen atoms in total. The van der Waals surface area contributed by atoms with Crippen molar-refractivity contribution in [2.75, 3.05) is 38.5 Å². The molecule has 1 aromatic heterocycles. The van der Waals surface area contributed by atoms with E-state index in [0.29, 0.717) is 0 Å². The Kier molecular flexibility index (Phi) is 3.69. The second kappa shape index (κ2) is 5.23. The molecule has 0 radical (unpaired) electrons. The number of nitrogens with one attached hydrogen (secondary N) is 2. The molecule has 0 aromatic carbocycles. The van der Waals surface area contributed by atoms with Gasteiger partial charge in [-0.15, -0.1) is 0 Å². The second-order valence-electron chi connectivity index (χ2n) is 4.07. The van der Waals surface area contributed by atoms with E-state index in [9.17, 15) is 0 Å². The first-order valence-electron chi connectivity index (χ1n) is 5.73. The van der Waals surface area contributed by atoms with Crippen molar-refractivity contribution < 1.29 is 0 Å². The lowest BCUT2D eigenvalue weighted by Gasteiger charge is -2.26. The van der Waals surface area contributed by atoms with E-state index in [1.807, 2.05) is 20.0 Å². The molecule has 0 bridgehead atoms. The first-order chi connectivity index (χ1) is 7.78. The lowest BCUT2D eigenvalue weighted by atomic mass is 10.3. The van der Waals surface area contributed by atoms with Gasteiger partial charge < -0.3 is 10.6 Å². The molecule has 0 saturated carbocycles. The fourth-order valence-corrected chi connectivity index (χ4v) is 1.94. The highest BCUT2D eigenvalue weighted by molar-refractivity contribution is 5.34. The van der Waals surface area contributed by atoms with Crippen molar-refractivity contribution >= 4 is 5.82 Å². The summed E-state index contributed by atoms with van der Waals surface area (Å²) >= 11 is 0. The fourth-order valence-electron chi connectivity index (χ4n) is 1.94. The van der Waals surface area contributed by atoms with Crippen LogP contribution in [0.4, 0.5) is 5.82 Å². The summed E-state index contributed by atoms with van der Waals surface area (Å²) in [6.07, 6.45) is 0. The van der Waals surface area contributed by atoms with Gasteiger partial charge in [0.15, 0.2) is 0 Å². The summed E-state index contributed by atoms with van der Waals surface area (Å²) in [5, 5.41) is 6.41. The Bertz CT molecular complexity index is 346. The predicted octanol–water partition coefficient (Wildman–Crippen LogP) is 0.232. The van der Waals surface area contributed by atoms with Gasteiger partial charge in [-0.2, -0.15) is 0 Å². The standard InChI is InChI=1S/C11H19N5/c1-9-14-10(7-11(12-2)15-9)8-16-5-3-13-4-6-16/h7,13H,3-6,8H2,1-2H3,(H,12,14,15). The average Bonchev–Trinajstić information content (AvgIpc) is 2.29. The number of piperazine rings is 1. The summed E-state index contributed by atoms with van der Waals surface area (Å²) in [5.74, 6) is 1.73. The highest BCUT2D eigenvalue weighted by atomic mass is 15.2. The van der Waals surface area contributed by atoms with Gasteiger partial charge >= 0.3 is 0 Å². The maximum atomic E-state index is 4.46. The molecule has 2 heterocycles. The van der Waals surface area contributed by atoms with Crippen molar-refractivity contribution in [1.82, 2.24) is 20.2 Å². The highest BCUT2D eigenvalue weighted by Gasteiger charge is 2.11. The van der Waals surface area contributed by atoms with E-state index in [1.165, 1.54) is 0 Å². The van der Waals surface area contributed by atoms with Crippen LogP contribution in [0, 0.1) is 6.92 Å². The minimum Gasteiger partial charge on any atom is -0.373 e. The van der Waals surface area contributed by atoms with Gasteiger partial charge in [0, 0.05) is 45.8 Å². The fraction of sp³-hybridized carbons (Fsp3) is 0.636. The van der Waals surface area contributed by atoms with Crippen molar-refractivity contribution in [3.63, 3.8) is 0 Å². The molecule has 0 unspecified atom stereocenters. The van der Waals surface area contributed by atoms with Gasteiger partial charge in [0.1, 0.15) is 11.6 Å². The maximum Gasteiger partial charge on any atom is 0.129 e. The van der Waals surface area contributed by atoms with Crippen LogP contribution in [0.25, 0.3) is 0 Å². The minimum atomic E-state index is 0.831. The summed E-state index contributed by atoms with van der Waals surface area (Å²) < 4.78 is 0. The molecule has 0 amide bonds. The number of nitrogens with zero attached hydrogens (tertiary/aromatic N) is 3. The molecular formula is C11H19N5. The third-order valence-corrected chi connectivity index (χ3v) is 2.74. The van der Waals surface area contributed by atoms with E-state index in [-0.39, 0.29) is 0 Å². The molecule has 0 atom stereocenters. The van der Waals surface area contributed by atoms with Crippen LogP contribution in [-0.2, 0) is 6.54 Å². The van der Waals surface area contributed by atoms with Gasteiger partial charge in [0.2, 0.25) is 0 Å². The summed E-state index contributed by atoms with van der Waals surface area (Å²) in [4.78, 5) is 11.2. The monoisotopic (exact) mass is 221 g/mol. The van der Waals surface area contributed by atoms with E-state index in [0.717, 1.165) is 50.1 Å². The number of aryl methyl sites for hydroxylation is 1. The third kappa shape index (κ3) is 2.90. The first kappa shape index (κ1) is 11.3. The maximum absolute atomic E-state index is 4.46. The third-order valence-electron chi connectivity index (χ3n) is 2.74. The quantitative estimate of drug-likeness (QED) is 0.765. The zero-order chi connectivity index (χ0) is 11.4.